The van der Waals surface area contributed by atoms with Crippen molar-refractivity contribution >= 4 is 39.4 Å². The molecule has 1 aliphatic carbocycles. The summed E-state index contributed by atoms with van der Waals surface area (Å²) in [5.74, 6) is 0.447. The van der Waals surface area contributed by atoms with E-state index < -0.39 is 28.8 Å². The maximum atomic E-state index is 13.5. The van der Waals surface area contributed by atoms with Crippen LogP contribution in [-0.2, 0) is 17.2 Å². The molecule has 12 heteroatoms. The third-order valence-electron chi connectivity index (χ3n) is 6.48. The lowest BCUT2D eigenvalue weighted by atomic mass is 9.96. The quantitative estimate of drug-likeness (QED) is 0.265. The number of carbonyl (C=O) groups is 1. The van der Waals surface area contributed by atoms with Gasteiger partial charge in [-0.1, -0.05) is 25.3 Å². The Bertz CT molecular complexity index is 1510. The van der Waals surface area contributed by atoms with Crippen LogP contribution in [-0.4, -0.2) is 31.2 Å². The van der Waals surface area contributed by atoms with Crippen LogP contribution >= 0.6 is 0 Å². The molecular formula is C27H25F3N6O2S. The Morgan fingerprint density at radius 3 is 2.46 bits per heavy atom. The van der Waals surface area contributed by atoms with E-state index >= 15 is 0 Å². The number of nitrogens with one attached hydrogen (secondary N) is 3. The second-order valence-corrected chi connectivity index (χ2v) is 10.4. The van der Waals surface area contributed by atoms with Crippen LogP contribution in [0.25, 0.3) is 22.2 Å². The van der Waals surface area contributed by atoms with Crippen LogP contribution in [0.15, 0.2) is 72.0 Å². The normalized spacial score (nSPS) is 15.1. The van der Waals surface area contributed by atoms with E-state index in [0.717, 1.165) is 31.7 Å². The minimum atomic E-state index is -4.54. The molecule has 2 aromatic heterocycles. The van der Waals surface area contributed by atoms with E-state index in [4.69, 9.17) is 0 Å². The van der Waals surface area contributed by atoms with Crippen molar-refractivity contribution in [1.82, 2.24) is 25.0 Å². The van der Waals surface area contributed by atoms with Crippen LogP contribution in [0.2, 0.25) is 0 Å². The second-order valence-electron chi connectivity index (χ2n) is 9.18. The molecule has 39 heavy (non-hydrogen) atoms. The Morgan fingerprint density at radius 2 is 1.72 bits per heavy atom. The summed E-state index contributed by atoms with van der Waals surface area (Å²) < 4.78 is 55.5. The van der Waals surface area contributed by atoms with E-state index in [2.05, 4.69) is 30.3 Å². The van der Waals surface area contributed by atoms with Crippen LogP contribution in [0.4, 0.5) is 29.5 Å². The largest absolute Gasteiger partial charge is 0.418 e. The lowest BCUT2D eigenvalue weighted by Gasteiger charge is -2.22. The Labute approximate surface area is 225 Å². The van der Waals surface area contributed by atoms with Gasteiger partial charge in [0.15, 0.2) is 11.0 Å². The standard InChI is InChI=1S/C27H25F3N6O2S/c28-27(29,30)22-7-4-14-31-24(22)17-8-13-21-23(15-17)32-16-33-25(21)34-19-9-11-20(12-10-19)39(38)36-26(37)35-18-5-2-1-3-6-18/h4,7-16,18H,1-3,5-6H2,(H,32,33,34)(H2,35,36,37). The fraction of sp³-hybridized carbons (Fsp3) is 0.259. The zero-order valence-electron chi connectivity index (χ0n) is 20.7. The van der Waals surface area contributed by atoms with Crippen molar-refractivity contribution in [2.75, 3.05) is 5.32 Å². The molecule has 2 aromatic carbocycles. The fourth-order valence-electron chi connectivity index (χ4n) is 4.57. The Hall–Kier alpha value is -4.06. The summed E-state index contributed by atoms with van der Waals surface area (Å²) in [6.45, 7) is 0. The van der Waals surface area contributed by atoms with Gasteiger partial charge >= 0.3 is 12.2 Å². The number of benzene rings is 2. The summed E-state index contributed by atoms with van der Waals surface area (Å²) >= 11 is 0. The topological polar surface area (TPSA) is 109 Å². The smallest absolute Gasteiger partial charge is 0.340 e. The molecule has 0 bridgehead atoms. The number of halogens is 3. The van der Waals surface area contributed by atoms with E-state index in [1.54, 1.807) is 36.4 Å². The molecule has 1 fully saturated rings. The highest BCUT2D eigenvalue weighted by atomic mass is 32.2. The van der Waals surface area contributed by atoms with Crippen LogP contribution < -0.4 is 15.4 Å². The minimum Gasteiger partial charge on any atom is -0.340 e. The van der Waals surface area contributed by atoms with Gasteiger partial charge in [-0.25, -0.2) is 19.0 Å². The zero-order chi connectivity index (χ0) is 27.4. The predicted octanol–water partition coefficient (Wildman–Crippen LogP) is 6.11. The highest BCUT2D eigenvalue weighted by Gasteiger charge is 2.34. The Morgan fingerprint density at radius 1 is 0.949 bits per heavy atom. The van der Waals surface area contributed by atoms with Gasteiger partial charge in [0.2, 0.25) is 0 Å². The molecule has 1 unspecified atom stereocenters. The number of pyridine rings is 1. The molecule has 4 aromatic rings. The molecule has 2 heterocycles. The third-order valence-corrected chi connectivity index (χ3v) is 7.55. The average Bonchev–Trinajstić information content (AvgIpc) is 2.93. The first kappa shape index (κ1) is 26.5. The lowest BCUT2D eigenvalue weighted by molar-refractivity contribution is -0.137. The lowest BCUT2D eigenvalue weighted by Crippen LogP contribution is -2.43. The number of carbonyl (C=O) groups excluding carboxylic acids is 1. The molecule has 0 saturated heterocycles. The zero-order valence-corrected chi connectivity index (χ0v) is 21.5. The van der Waals surface area contributed by atoms with Crippen LogP contribution in [0.1, 0.15) is 37.7 Å². The molecule has 1 aliphatic rings. The number of fused-ring (bicyclic) bond motifs is 1. The van der Waals surface area contributed by atoms with E-state index in [1.807, 2.05) is 0 Å². The van der Waals surface area contributed by atoms with E-state index in [1.165, 1.54) is 31.1 Å². The number of nitrogens with zero attached hydrogens (tertiary/aromatic N) is 3. The van der Waals surface area contributed by atoms with Crippen molar-refractivity contribution in [1.29, 1.82) is 0 Å². The van der Waals surface area contributed by atoms with Crippen LogP contribution in [0.5, 0.6) is 0 Å². The summed E-state index contributed by atoms with van der Waals surface area (Å²) in [5.41, 5.74) is 0.358. The minimum absolute atomic E-state index is 0.108. The Kier molecular flexibility index (Phi) is 7.73. The van der Waals surface area contributed by atoms with Gasteiger partial charge < -0.3 is 10.6 Å². The number of amides is 2. The van der Waals surface area contributed by atoms with Gasteiger partial charge in [0.25, 0.3) is 0 Å². The summed E-state index contributed by atoms with van der Waals surface area (Å²) in [6, 6.07) is 13.3. The van der Waals surface area contributed by atoms with Crippen molar-refractivity contribution in [3.05, 3.63) is 72.7 Å². The number of aromatic nitrogens is 3. The summed E-state index contributed by atoms with van der Waals surface area (Å²) in [7, 11) is -1.73. The third kappa shape index (κ3) is 6.33. The number of urea groups is 1. The van der Waals surface area contributed by atoms with Gasteiger partial charge in [-0.2, -0.15) is 13.2 Å². The first-order valence-electron chi connectivity index (χ1n) is 12.4. The van der Waals surface area contributed by atoms with E-state index in [9.17, 15) is 22.2 Å². The van der Waals surface area contributed by atoms with Crippen molar-refractivity contribution < 1.29 is 22.2 Å². The molecule has 202 valence electrons. The molecule has 1 atom stereocenters. The average molecular weight is 555 g/mol. The van der Waals surface area contributed by atoms with Gasteiger partial charge in [-0.15, -0.1) is 0 Å². The molecule has 1 saturated carbocycles. The van der Waals surface area contributed by atoms with Gasteiger partial charge in [0.1, 0.15) is 12.1 Å². The maximum Gasteiger partial charge on any atom is 0.418 e. The molecule has 0 spiro atoms. The van der Waals surface area contributed by atoms with E-state index in [0.29, 0.717) is 27.3 Å². The fourth-order valence-corrected chi connectivity index (χ4v) is 5.30. The van der Waals surface area contributed by atoms with Gasteiger partial charge in [-0.05, 0) is 61.4 Å². The summed E-state index contributed by atoms with van der Waals surface area (Å²) in [6.07, 6.45) is 3.28. The number of hydrogen-bond acceptors (Lipinski definition) is 6. The van der Waals surface area contributed by atoms with Crippen LogP contribution in [0.3, 0.4) is 0 Å². The van der Waals surface area contributed by atoms with Crippen LogP contribution in [0, 0.1) is 0 Å². The molecule has 5 rings (SSSR count). The first-order valence-corrected chi connectivity index (χ1v) is 13.6. The molecule has 0 radical (unpaired) electrons. The highest BCUT2D eigenvalue weighted by Crippen LogP contribution is 2.36. The van der Waals surface area contributed by atoms with Crippen molar-refractivity contribution in [3.8, 4) is 11.3 Å². The molecule has 3 N–H and O–H groups in total. The number of anilines is 2. The van der Waals surface area contributed by atoms with Gasteiger partial charge in [0, 0.05) is 28.9 Å². The van der Waals surface area contributed by atoms with Crippen molar-refractivity contribution in [2.24, 2.45) is 0 Å². The van der Waals surface area contributed by atoms with Gasteiger partial charge in [-0.3, -0.25) is 9.71 Å². The monoisotopic (exact) mass is 554 g/mol. The maximum absolute atomic E-state index is 13.5. The first-order chi connectivity index (χ1) is 18.8. The van der Waals surface area contributed by atoms with Gasteiger partial charge in [0.05, 0.1) is 21.7 Å². The van der Waals surface area contributed by atoms with E-state index in [-0.39, 0.29) is 17.3 Å². The molecule has 0 aliphatic heterocycles. The molecule has 8 nitrogen and oxygen atoms in total. The highest BCUT2D eigenvalue weighted by molar-refractivity contribution is 7.83. The summed E-state index contributed by atoms with van der Waals surface area (Å²) in [4.78, 5) is 25.1. The molecular weight excluding hydrogens is 529 g/mol. The van der Waals surface area contributed by atoms with Crippen molar-refractivity contribution in [2.45, 2.75) is 49.2 Å². The SMILES string of the molecule is O=C(NC1CCCCC1)NS(=O)c1ccc(Nc2ncnc3cc(-c4ncccc4C(F)(F)F)ccc23)cc1. The Balaban J connectivity index is 1.29. The number of rotatable bonds is 6. The number of hydrogen-bond donors (Lipinski definition) is 3. The molecule has 2 amide bonds. The second kappa shape index (κ2) is 11.4. The predicted molar refractivity (Wildman–Crippen MR) is 142 cm³/mol. The summed E-state index contributed by atoms with van der Waals surface area (Å²) in [5, 5.41) is 6.63. The number of alkyl halides is 3. The van der Waals surface area contributed by atoms with Crippen molar-refractivity contribution in [3.63, 3.8) is 0 Å².